The molecule has 2 rings (SSSR count). The van der Waals surface area contributed by atoms with Crippen LogP contribution in [0.4, 0.5) is 17.6 Å². The number of alkyl halides is 5. The van der Waals surface area contributed by atoms with Gasteiger partial charge in [0.25, 0.3) is 0 Å². The normalized spacial score (nSPS) is 12.2. The SMILES string of the molecule is CCCCCCOc1ccc(-c2ccc(CC(F)(F)C(F)(F)Br)cc2)cc1. The molecule has 0 aliphatic carbocycles. The number of halogens is 5. The molecule has 0 heterocycles. The average Bonchev–Trinajstić information content (AvgIpc) is 2.61. The summed E-state index contributed by atoms with van der Waals surface area (Å²) in [5, 5.41) is 0. The van der Waals surface area contributed by atoms with Crippen LogP contribution in [0, 0.1) is 0 Å². The molecule has 0 bridgehead atoms. The van der Waals surface area contributed by atoms with Crippen molar-refractivity contribution in [3.05, 3.63) is 54.1 Å². The highest BCUT2D eigenvalue weighted by Crippen LogP contribution is 2.41. The fourth-order valence-corrected chi connectivity index (χ4v) is 2.77. The van der Waals surface area contributed by atoms with E-state index in [-0.39, 0.29) is 5.56 Å². The maximum atomic E-state index is 13.4. The lowest BCUT2D eigenvalue weighted by atomic mass is 10.0. The van der Waals surface area contributed by atoms with E-state index in [2.05, 4.69) is 6.92 Å². The Hall–Kier alpha value is -1.56. The van der Waals surface area contributed by atoms with E-state index in [1.807, 2.05) is 24.3 Å². The number of hydrogen-bond acceptors (Lipinski definition) is 1. The molecule has 0 atom stereocenters. The first-order valence-electron chi connectivity index (χ1n) is 8.99. The Labute approximate surface area is 165 Å². The number of rotatable bonds is 10. The molecule has 0 fully saturated rings. The van der Waals surface area contributed by atoms with Gasteiger partial charge in [0.2, 0.25) is 0 Å². The summed E-state index contributed by atoms with van der Waals surface area (Å²) in [5.74, 6) is -3.36. The fourth-order valence-electron chi connectivity index (χ4n) is 2.63. The largest absolute Gasteiger partial charge is 0.494 e. The van der Waals surface area contributed by atoms with Crippen molar-refractivity contribution in [2.24, 2.45) is 0 Å². The summed E-state index contributed by atoms with van der Waals surface area (Å²) in [6.07, 6.45) is 3.54. The zero-order valence-corrected chi connectivity index (χ0v) is 16.7. The van der Waals surface area contributed by atoms with Crippen LogP contribution in [0.25, 0.3) is 11.1 Å². The molecule has 0 aliphatic rings. The van der Waals surface area contributed by atoms with Gasteiger partial charge in [0.15, 0.2) is 0 Å². The Morgan fingerprint density at radius 3 is 1.89 bits per heavy atom. The molecule has 0 radical (unpaired) electrons. The highest BCUT2D eigenvalue weighted by atomic mass is 79.9. The predicted molar refractivity (Wildman–Crippen MR) is 104 cm³/mol. The molecule has 0 N–H and O–H groups in total. The molecule has 0 amide bonds. The number of unbranched alkanes of at least 4 members (excludes halogenated alkanes) is 3. The van der Waals surface area contributed by atoms with E-state index in [4.69, 9.17) is 4.74 Å². The summed E-state index contributed by atoms with van der Waals surface area (Å²) in [6, 6.07) is 13.7. The van der Waals surface area contributed by atoms with Crippen LogP contribution in [0.2, 0.25) is 0 Å². The molecule has 0 saturated carbocycles. The summed E-state index contributed by atoms with van der Waals surface area (Å²) >= 11 is 1.75. The molecule has 1 nitrogen and oxygen atoms in total. The van der Waals surface area contributed by atoms with Gasteiger partial charge in [-0.25, -0.2) is 0 Å². The van der Waals surface area contributed by atoms with Crippen molar-refractivity contribution in [3.8, 4) is 16.9 Å². The third-order valence-electron chi connectivity index (χ3n) is 4.25. The van der Waals surface area contributed by atoms with E-state index in [0.29, 0.717) is 6.61 Å². The average molecular weight is 447 g/mol. The van der Waals surface area contributed by atoms with E-state index in [0.717, 1.165) is 29.7 Å². The minimum Gasteiger partial charge on any atom is -0.494 e. The molecule has 0 aromatic heterocycles. The van der Waals surface area contributed by atoms with Gasteiger partial charge in [-0.15, -0.1) is 0 Å². The lowest BCUT2D eigenvalue weighted by Gasteiger charge is -2.21. The van der Waals surface area contributed by atoms with Gasteiger partial charge in [-0.3, -0.25) is 0 Å². The second-order valence-electron chi connectivity index (χ2n) is 6.51. The molecule has 6 heteroatoms. The van der Waals surface area contributed by atoms with Crippen molar-refractivity contribution in [1.29, 1.82) is 0 Å². The second kappa shape index (κ2) is 9.58. The highest BCUT2D eigenvalue weighted by molar-refractivity contribution is 9.10. The molecule has 0 unspecified atom stereocenters. The summed E-state index contributed by atoms with van der Waals surface area (Å²) in [4.78, 5) is -4.23. The third kappa shape index (κ3) is 6.52. The van der Waals surface area contributed by atoms with Crippen molar-refractivity contribution in [1.82, 2.24) is 0 Å². The van der Waals surface area contributed by atoms with Crippen LogP contribution in [0.5, 0.6) is 5.75 Å². The zero-order chi connectivity index (χ0) is 19.9. The Kier molecular flexibility index (Phi) is 7.71. The van der Waals surface area contributed by atoms with Crippen molar-refractivity contribution in [3.63, 3.8) is 0 Å². The first kappa shape index (κ1) is 21.7. The number of benzene rings is 2. The summed E-state index contributed by atoms with van der Waals surface area (Å²) in [5.41, 5.74) is 1.87. The Morgan fingerprint density at radius 1 is 0.815 bits per heavy atom. The van der Waals surface area contributed by atoms with Crippen LogP contribution >= 0.6 is 15.9 Å². The molecular formula is C21H23BrF4O. The van der Waals surface area contributed by atoms with E-state index in [9.17, 15) is 17.6 Å². The summed E-state index contributed by atoms with van der Waals surface area (Å²) < 4.78 is 58.3. The Morgan fingerprint density at radius 2 is 1.37 bits per heavy atom. The minimum atomic E-state index is -4.23. The van der Waals surface area contributed by atoms with E-state index >= 15 is 0 Å². The molecule has 148 valence electrons. The van der Waals surface area contributed by atoms with Crippen molar-refractivity contribution < 1.29 is 22.3 Å². The van der Waals surface area contributed by atoms with Gasteiger partial charge in [0.1, 0.15) is 5.75 Å². The topological polar surface area (TPSA) is 9.23 Å². The smallest absolute Gasteiger partial charge is 0.363 e. The van der Waals surface area contributed by atoms with Crippen molar-refractivity contribution in [2.75, 3.05) is 6.61 Å². The van der Waals surface area contributed by atoms with Gasteiger partial charge >= 0.3 is 10.8 Å². The number of ether oxygens (including phenoxy) is 1. The minimum absolute atomic E-state index is 0.148. The zero-order valence-electron chi connectivity index (χ0n) is 15.2. The second-order valence-corrected chi connectivity index (χ2v) is 7.51. The van der Waals surface area contributed by atoms with Crippen LogP contribution in [-0.4, -0.2) is 17.4 Å². The standard InChI is InChI=1S/C21H23BrF4O/c1-2-3-4-5-14-27-19-12-10-18(11-13-19)17-8-6-16(7-9-17)15-20(23,24)21(22,25)26/h6-13H,2-5,14-15H2,1H3. The summed E-state index contributed by atoms with van der Waals surface area (Å²) in [6.45, 7) is 2.84. The first-order chi connectivity index (χ1) is 12.7. The molecule has 0 spiro atoms. The van der Waals surface area contributed by atoms with Crippen molar-refractivity contribution in [2.45, 2.75) is 49.8 Å². The fraction of sp³-hybridized carbons (Fsp3) is 0.429. The first-order valence-corrected chi connectivity index (χ1v) is 9.79. The van der Waals surface area contributed by atoms with Crippen molar-refractivity contribution >= 4 is 15.9 Å². The predicted octanol–water partition coefficient (Wildman–Crippen LogP) is 7.48. The Balaban J connectivity index is 1.95. The van der Waals surface area contributed by atoms with Crippen LogP contribution < -0.4 is 4.74 Å². The molecule has 0 aliphatic heterocycles. The summed E-state index contributed by atoms with van der Waals surface area (Å²) in [7, 11) is 0. The molecule has 2 aromatic carbocycles. The van der Waals surface area contributed by atoms with Gasteiger partial charge < -0.3 is 4.74 Å². The molecular weight excluding hydrogens is 424 g/mol. The molecule has 2 aromatic rings. The molecule has 0 saturated heterocycles. The van der Waals surface area contributed by atoms with Gasteiger partial charge in [-0.2, -0.15) is 17.6 Å². The van der Waals surface area contributed by atoms with Crippen LogP contribution in [0.15, 0.2) is 48.5 Å². The maximum Gasteiger partial charge on any atom is 0.363 e. The third-order valence-corrected chi connectivity index (χ3v) is 4.83. The van der Waals surface area contributed by atoms with E-state index < -0.39 is 17.2 Å². The highest BCUT2D eigenvalue weighted by Gasteiger charge is 2.53. The van der Waals surface area contributed by atoms with Crippen LogP contribution in [0.1, 0.15) is 38.2 Å². The van der Waals surface area contributed by atoms with E-state index in [1.54, 1.807) is 28.1 Å². The van der Waals surface area contributed by atoms with Crippen LogP contribution in [-0.2, 0) is 6.42 Å². The quantitative estimate of drug-likeness (QED) is 0.209. The van der Waals surface area contributed by atoms with Crippen LogP contribution in [0.3, 0.4) is 0 Å². The lowest BCUT2D eigenvalue weighted by Crippen LogP contribution is -2.36. The molecule has 27 heavy (non-hydrogen) atoms. The lowest BCUT2D eigenvalue weighted by molar-refractivity contribution is -0.145. The monoisotopic (exact) mass is 446 g/mol. The van der Waals surface area contributed by atoms with Gasteiger partial charge in [0, 0.05) is 6.42 Å². The Bertz CT molecular complexity index is 694. The maximum absolute atomic E-state index is 13.4. The van der Waals surface area contributed by atoms with Gasteiger partial charge in [-0.05, 0) is 51.2 Å². The number of hydrogen-bond donors (Lipinski definition) is 0. The van der Waals surface area contributed by atoms with Gasteiger partial charge in [0.05, 0.1) is 6.61 Å². The van der Waals surface area contributed by atoms with E-state index in [1.165, 1.54) is 25.0 Å². The van der Waals surface area contributed by atoms with Gasteiger partial charge in [-0.1, -0.05) is 62.6 Å².